The molecule has 1 heterocycles. The summed E-state index contributed by atoms with van der Waals surface area (Å²) in [5.41, 5.74) is 1.82. The Kier molecular flexibility index (Phi) is 9.91. The van der Waals surface area contributed by atoms with Crippen LogP contribution < -0.4 is 10.1 Å². The van der Waals surface area contributed by atoms with Crippen molar-refractivity contribution in [1.29, 1.82) is 0 Å². The number of nitrogens with one attached hydrogen (secondary N) is 1. The number of imide groups is 1. The second kappa shape index (κ2) is 13.4. The van der Waals surface area contributed by atoms with Crippen LogP contribution >= 0.6 is 50.9 Å². The van der Waals surface area contributed by atoms with Gasteiger partial charge in [0.1, 0.15) is 18.9 Å². The highest BCUT2D eigenvalue weighted by Crippen LogP contribution is 2.35. The molecule has 3 aromatic rings. The fraction of sp³-hybridized carbons (Fsp3) is 0.143. The van der Waals surface area contributed by atoms with Crippen molar-refractivity contribution in [2.24, 2.45) is 0 Å². The van der Waals surface area contributed by atoms with Crippen LogP contribution in [0.3, 0.4) is 0 Å². The van der Waals surface area contributed by atoms with Gasteiger partial charge in [-0.2, -0.15) is 0 Å². The number of hydrogen-bond acceptors (Lipinski definition) is 7. The number of hydrogen-bond donors (Lipinski definition) is 1. The summed E-state index contributed by atoms with van der Waals surface area (Å²) in [6.45, 7) is 1.57. The Morgan fingerprint density at radius 3 is 2.52 bits per heavy atom. The van der Waals surface area contributed by atoms with Gasteiger partial charge in [-0.3, -0.25) is 19.3 Å². The molecule has 206 valence electrons. The minimum absolute atomic E-state index is 0.0820. The van der Waals surface area contributed by atoms with Gasteiger partial charge >= 0.3 is 5.97 Å². The summed E-state index contributed by atoms with van der Waals surface area (Å²) in [6, 6.07) is 16.8. The SMILES string of the molecule is CCOC(=O)c1cc(NC(=O)CN2C(=O)S/C(=C/c3cc(Br)ccc3OCc3ccc(Cl)cc3)C2=O)ccc1Cl. The van der Waals surface area contributed by atoms with E-state index in [9.17, 15) is 19.2 Å². The van der Waals surface area contributed by atoms with Crippen LogP contribution in [0, 0.1) is 0 Å². The number of ether oxygens (including phenoxy) is 2. The molecule has 3 amide bonds. The van der Waals surface area contributed by atoms with E-state index in [4.69, 9.17) is 32.7 Å². The van der Waals surface area contributed by atoms with Crippen molar-refractivity contribution >= 4 is 85.7 Å². The maximum absolute atomic E-state index is 13.1. The molecular weight excluding hydrogens is 643 g/mol. The van der Waals surface area contributed by atoms with Gasteiger partial charge in [-0.1, -0.05) is 51.3 Å². The Balaban J connectivity index is 1.46. The lowest BCUT2D eigenvalue weighted by molar-refractivity contribution is -0.127. The average molecular weight is 664 g/mol. The lowest BCUT2D eigenvalue weighted by Gasteiger charge is -2.13. The van der Waals surface area contributed by atoms with Gasteiger partial charge < -0.3 is 14.8 Å². The van der Waals surface area contributed by atoms with E-state index < -0.39 is 29.6 Å². The smallest absolute Gasteiger partial charge is 0.339 e. The van der Waals surface area contributed by atoms with Crippen molar-refractivity contribution in [2.45, 2.75) is 13.5 Å². The molecule has 1 aliphatic rings. The number of halogens is 3. The van der Waals surface area contributed by atoms with Gasteiger partial charge in [0.15, 0.2) is 0 Å². The van der Waals surface area contributed by atoms with Gasteiger partial charge in [0.05, 0.1) is 22.1 Å². The molecular formula is C28H21BrCl2N2O6S. The molecule has 4 rings (SSSR count). The molecule has 0 bridgehead atoms. The summed E-state index contributed by atoms with van der Waals surface area (Å²) in [6.07, 6.45) is 1.55. The van der Waals surface area contributed by atoms with Crippen LogP contribution in [-0.4, -0.2) is 41.1 Å². The predicted molar refractivity (Wildman–Crippen MR) is 159 cm³/mol. The Labute approximate surface area is 252 Å². The zero-order chi connectivity index (χ0) is 28.8. The number of benzene rings is 3. The fourth-order valence-corrected chi connectivity index (χ4v) is 5.12. The van der Waals surface area contributed by atoms with E-state index in [-0.39, 0.29) is 34.4 Å². The largest absolute Gasteiger partial charge is 0.488 e. The van der Waals surface area contributed by atoms with Crippen LogP contribution in [0.4, 0.5) is 10.5 Å². The van der Waals surface area contributed by atoms with Gasteiger partial charge in [-0.15, -0.1) is 0 Å². The Bertz CT molecular complexity index is 1510. The number of esters is 1. The van der Waals surface area contributed by atoms with E-state index in [1.807, 2.05) is 12.1 Å². The highest BCUT2D eigenvalue weighted by molar-refractivity contribution is 9.10. The number of amides is 3. The Morgan fingerprint density at radius 1 is 1.05 bits per heavy atom. The third-order valence-electron chi connectivity index (χ3n) is 5.49. The van der Waals surface area contributed by atoms with Crippen molar-refractivity contribution in [3.63, 3.8) is 0 Å². The molecule has 1 N–H and O–H groups in total. The molecule has 0 unspecified atom stereocenters. The predicted octanol–water partition coefficient (Wildman–Crippen LogP) is 7.19. The first kappa shape index (κ1) is 29.7. The monoisotopic (exact) mass is 662 g/mol. The van der Waals surface area contributed by atoms with Crippen molar-refractivity contribution in [2.75, 3.05) is 18.5 Å². The average Bonchev–Trinajstić information content (AvgIpc) is 3.17. The minimum atomic E-state index is -0.635. The number of anilines is 1. The third-order valence-corrected chi connectivity index (χ3v) is 7.47. The standard InChI is InChI=1S/C28H21BrCl2N2O6S/c1-2-38-27(36)21-13-20(8-9-22(21)31)32-25(34)14-33-26(35)24(40-28(33)37)12-17-11-18(29)5-10-23(17)39-15-16-3-6-19(30)7-4-16/h3-13H,2,14-15H2,1H3,(H,32,34)/b24-12+. The zero-order valence-electron chi connectivity index (χ0n) is 20.9. The van der Waals surface area contributed by atoms with Gasteiger partial charge in [-0.05, 0) is 78.9 Å². The van der Waals surface area contributed by atoms with Gasteiger partial charge in [0.2, 0.25) is 5.91 Å². The molecule has 1 saturated heterocycles. The zero-order valence-corrected chi connectivity index (χ0v) is 24.8. The molecule has 40 heavy (non-hydrogen) atoms. The van der Waals surface area contributed by atoms with E-state index in [2.05, 4.69) is 21.2 Å². The number of rotatable bonds is 9. The first-order valence-electron chi connectivity index (χ1n) is 11.8. The molecule has 0 aliphatic carbocycles. The Hall–Kier alpha value is -3.31. The van der Waals surface area contributed by atoms with Gasteiger partial charge in [0, 0.05) is 20.7 Å². The topological polar surface area (TPSA) is 102 Å². The van der Waals surface area contributed by atoms with E-state index >= 15 is 0 Å². The van der Waals surface area contributed by atoms with E-state index in [1.54, 1.807) is 43.3 Å². The molecule has 3 aromatic carbocycles. The fourth-order valence-electron chi connectivity index (χ4n) is 3.60. The van der Waals surface area contributed by atoms with E-state index in [0.29, 0.717) is 16.3 Å². The molecule has 1 fully saturated rings. The molecule has 1 aliphatic heterocycles. The maximum atomic E-state index is 13.1. The van der Waals surface area contributed by atoms with Gasteiger partial charge in [0.25, 0.3) is 11.1 Å². The first-order valence-corrected chi connectivity index (χ1v) is 14.2. The number of nitrogens with zero attached hydrogens (tertiary/aromatic N) is 1. The third kappa shape index (κ3) is 7.45. The summed E-state index contributed by atoms with van der Waals surface area (Å²) in [5, 5.41) is 2.77. The molecule has 12 heteroatoms. The molecule has 0 atom stereocenters. The summed E-state index contributed by atoms with van der Waals surface area (Å²) in [5.74, 6) is -1.38. The summed E-state index contributed by atoms with van der Waals surface area (Å²) < 4.78 is 11.7. The lowest BCUT2D eigenvalue weighted by Crippen LogP contribution is -2.36. The first-order chi connectivity index (χ1) is 19.1. The lowest BCUT2D eigenvalue weighted by atomic mass is 10.1. The number of carbonyl (C=O) groups is 4. The van der Waals surface area contributed by atoms with Crippen LogP contribution in [0.5, 0.6) is 5.75 Å². The van der Waals surface area contributed by atoms with Crippen LogP contribution in [0.2, 0.25) is 10.0 Å². The van der Waals surface area contributed by atoms with Crippen molar-refractivity contribution in [1.82, 2.24) is 4.90 Å². The number of carbonyl (C=O) groups excluding carboxylic acids is 4. The quantitative estimate of drug-likeness (QED) is 0.191. The normalized spacial score (nSPS) is 14.0. The highest BCUT2D eigenvalue weighted by atomic mass is 79.9. The second-order valence-electron chi connectivity index (χ2n) is 8.33. The van der Waals surface area contributed by atoms with Crippen LogP contribution in [0.1, 0.15) is 28.4 Å². The molecule has 0 radical (unpaired) electrons. The molecule has 0 aromatic heterocycles. The summed E-state index contributed by atoms with van der Waals surface area (Å²) >= 11 is 16.2. The molecule has 0 spiro atoms. The van der Waals surface area contributed by atoms with Crippen molar-refractivity contribution < 1.29 is 28.7 Å². The maximum Gasteiger partial charge on any atom is 0.339 e. The summed E-state index contributed by atoms with van der Waals surface area (Å²) in [4.78, 5) is 51.5. The van der Waals surface area contributed by atoms with E-state index in [0.717, 1.165) is 26.7 Å². The summed E-state index contributed by atoms with van der Waals surface area (Å²) in [7, 11) is 0. The van der Waals surface area contributed by atoms with E-state index in [1.165, 1.54) is 18.2 Å². The highest BCUT2D eigenvalue weighted by Gasteiger charge is 2.36. The molecule has 8 nitrogen and oxygen atoms in total. The van der Waals surface area contributed by atoms with Crippen LogP contribution in [-0.2, 0) is 20.9 Å². The minimum Gasteiger partial charge on any atom is -0.488 e. The van der Waals surface area contributed by atoms with Crippen LogP contribution in [0.25, 0.3) is 6.08 Å². The van der Waals surface area contributed by atoms with Crippen molar-refractivity contribution in [3.8, 4) is 5.75 Å². The number of thioether (sulfide) groups is 1. The second-order valence-corrected chi connectivity index (χ2v) is 11.1. The molecule has 0 saturated carbocycles. The van der Waals surface area contributed by atoms with Crippen LogP contribution in [0.15, 0.2) is 70.0 Å². The Morgan fingerprint density at radius 2 is 1.80 bits per heavy atom. The van der Waals surface area contributed by atoms with Crippen molar-refractivity contribution in [3.05, 3.63) is 96.8 Å². The van der Waals surface area contributed by atoms with Gasteiger partial charge in [-0.25, -0.2) is 4.79 Å².